The van der Waals surface area contributed by atoms with Crippen LogP contribution in [0.2, 0.25) is 10.0 Å². The van der Waals surface area contributed by atoms with Gasteiger partial charge < -0.3 is 9.67 Å². The molecule has 0 amide bonds. The highest BCUT2D eigenvalue weighted by Gasteiger charge is 2.15. The summed E-state index contributed by atoms with van der Waals surface area (Å²) in [6, 6.07) is 15.6. The van der Waals surface area contributed by atoms with E-state index in [1.165, 1.54) is 12.1 Å². The molecule has 0 saturated carbocycles. The van der Waals surface area contributed by atoms with Crippen LogP contribution in [-0.2, 0) is 6.73 Å². The van der Waals surface area contributed by atoms with E-state index in [2.05, 4.69) is 10.2 Å². The number of nitrogens with zero attached hydrogens (tertiary/aromatic N) is 4. The van der Waals surface area contributed by atoms with Crippen molar-refractivity contribution in [2.24, 2.45) is 10.2 Å². The van der Waals surface area contributed by atoms with Crippen molar-refractivity contribution >= 4 is 62.1 Å². The van der Waals surface area contributed by atoms with Crippen LogP contribution in [0.1, 0.15) is 0 Å². The van der Waals surface area contributed by atoms with Gasteiger partial charge in [-0.2, -0.15) is 5.11 Å². The highest BCUT2D eigenvalue weighted by molar-refractivity contribution is 6.39. The molecule has 0 saturated heterocycles. The van der Waals surface area contributed by atoms with Gasteiger partial charge >= 0.3 is 0 Å². The predicted octanol–water partition coefficient (Wildman–Crippen LogP) is 6.37. The van der Waals surface area contributed by atoms with Crippen molar-refractivity contribution in [1.82, 2.24) is 4.57 Å². The van der Waals surface area contributed by atoms with E-state index in [1.54, 1.807) is 16.7 Å². The summed E-state index contributed by atoms with van der Waals surface area (Å²) in [5.41, 5.74) is 2.17. The monoisotopic (exact) mass is 414 g/mol. The van der Waals surface area contributed by atoms with Crippen LogP contribution in [0.4, 0.5) is 17.1 Å². The van der Waals surface area contributed by atoms with Gasteiger partial charge in [0.05, 0.1) is 31.7 Å². The number of azo groups is 1. The van der Waals surface area contributed by atoms with Crippen molar-refractivity contribution in [2.75, 3.05) is 0 Å². The fraction of sp³-hybridized carbons (Fsp3) is 0.0526. The van der Waals surface area contributed by atoms with E-state index in [9.17, 15) is 15.2 Å². The third-order valence-corrected chi connectivity index (χ3v) is 4.95. The number of non-ortho nitro benzene ring substituents is 1. The molecule has 0 spiro atoms. The Morgan fingerprint density at radius 3 is 2.32 bits per heavy atom. The van der Waals surface area contributed by atoms with Crippen LogP contribution in [0, 0.1) is 10.1 Å². The number of benzene rings is 3. The number of hydrogen-bond acceptors (Lipinski definition) is 5. The lowest BCUT2D eigenvalue weighted by Crippen LogP contribution is -1.95. The minimum atomic E-state index is -0.583. The second kappa shape index (κ2) is 7.20. The number of aromatic nitrogens is 1. The van der Waals surface area contributed by atoms with Gasteiger partial charge in [-0.1, -0.05) is 41.4 Å². The summed E-state index contributed by atoms with van der Waals surface area (Å²) >= 11 is 12.1. The van der Waals surface area contributed by atoms with Crippen LogP contribution in [0.3, 0.4) is 0 Å². The fourth-order valence-corrected chi connectivity index (χ4v) is 3.66. The van der Waals surface area contributed by atoms with Crippen LogP contribution in [-0.4, -0.2) is 14.6 Å². The van der Waals surface area contributed by atoms with Crippen molar-refractivity contribution < 1.29 is 10.0 Å². The minimum absolute atomic E-state index is 0.0356. The van der Waals surface area contributed by atoms with E-state index in [4.69, 9.17) is 23.2 Å². The van der Waals surface area contributed by atoms with Crippen LogP contribution >= 0.6 is 23.2 Å². The molecule has 0 bridgehead atoms. The highest BCUT2D eigenvalue weighted by Crippen LogP contribution is 2.38. The lowest BCUT2D eigenvalue weighted by atomic mass is 10.1. The number of aliphatic hydroxyl groups is 1. The number of halogens is 2. The summed E-state index contributed by atoms with van der Waals surface area (Å²) in [7, 11) is 0. The SMILES string of the molecule is O=[N+]([O-])c1cc(Cl)c(N=Nc2ccc3c4ccccc4n(CO)c3c2)c(Cl)c1. The lowest BCUT2D eigenvalue weighted by molar-refractivity contribution is -0.384. The number of rotatable bonds is 4. The molecule has 0 aliphatic rings. The third-order valence-electron chi connectivity index (χ3n) is 4.38. The van der Waals surface area contributed by atoms with Crippen LogP contribution in [0.25, 0.3) is 21.8 Å². The van der Waals surface area contributed by atoms with E-state index in [0.717, 1.165) is 21.8 Å². The normalized spacial score (nSPS) is 11.7. The highest BCUT2D eigenvalue weighted by atomic mass is 35.5. The first-order chi connectivity index (χ1) is 13.5. The Bertz CT molecular complexity index is 1240. The average molecular weight is 415 g/mol. The molecule has 0 atom stereocenters. The standard InChI is InChI=1S/C19H12Cl2N4O3/c20-15-8-12(25(27)28)9-16(21)19(15)23-22-11-5-6-14-13-3-1-2-4-17(13)24(10-26)18(14)7-11/h1-9,26H,10H2. The van der Waals surface area contributed by atoms with Gasteiger partial charge in [-0.15, -0.1) is 5.11 Å². The lowest BCUT2D eigenvalue weighted by Gasteiger charge is -2.03. The summed E-state index contributed by atoms with van der Waals surface area (Å²) in [5.74, 6) is 0. The molecule has 0 radical (unpaired) electrons. The Hall–Kier alpha value is -3.00. The summed E-state index contributed by atoms with van der Waals surface area (Å²) < 4.78 is 1.77. The zero-order valence-corrected chi connectivity index (χ0v) is 15.7. The third kappa shape index (κ3) is 3.09. The number of para-hydroxylation sites is 1. The Labute approximate surface area is 168 Å². The first-order valence-electron chi connectivity index (χ1n) is 8.16. The summed E-state index contributed by atoms with van der Waals surface area (Å²) in [6.07, 6.45) is 0. The molecule has 9 heteroatoms. The van der Waals surface area contributed by atoms with E-state index >= 15 is 0 Å². The molecule has 0 aliphatic carbocycles. The summed E-state index contributed by atoms with van der Waals surface area (Å²) in [4.78, 5) is 10.3. The first kappa shape index (κ1) is 18.4. The molecule has 0 fully saturated rings. The number of nitro groups is 1. The smallest absolute Gasteiger partial charge is 0.272 e. The molecule has 3 aromatic carbocycles. The van der Waals surface area contributed by atoms with E-state index < -0.39 is 4.92 Å². The number of nitro benzene ring substituents is 1. The first-order valence-corrected chi connectivity index (χ1v) is 8.92. The van der Waals surface area contributed by atoms with E-state index in [0.29, 0.717) is 5.69 Å². The van der Waals surface area contributed by atoms with Crippen molar-refractivity contribution in [3.63, 3.8) is 0 Å². The minimum Gasteiger partial charge on any atom is -0.376 e. The predicted molar refractivity (Wildman–Crippen MR) is 109 cm³/mol. The van der Waals surface area contributed by atoms with Gasteiger partial charge in [0.1, 0.15) is 12.4 Å². The molecular formula is C19H12Cl2N4O3. The molecule has 1 heterocycles. The van der Waals surface area contributed by atoms with Crippen molar-refractivity contribution in [2.45, 2.75) is 6.73 Å². The molecule has 4 aromatic rings. The Morgan fingerprint density at radius 2 is 1.64 bits per heavy atom. The topological polar surface area (TPSA) is 93.0 Å². The molecule has 4 rings (SSSR count). The van der Waals surface area contributed by atoms with Gasteiger partial charge in [-0.25, -0.2) is 0 Å². The van der Waals surface area contributed by atoms with Crippen LogP contribution in [0.5, 0.6) is 0 Å². The number of hydrogen-bond donors (Lipinski definition) is 1. The molecule has 1 aromatic heterocycles. The molecule has 1 N–H and O–H groups in total. The Morgan fingerprint density at radius 1 is 0.964 bits per heavy atom. The Balaban J connectivity index is 1.79. The van der Waals surface area contributed by atoms with Gasteiger partial charge in [0.15, 0.2) is 0 Å². The molecule has 28 heavy (non-hydrogen) atoms. The number of fused-ring (bicyclic) bond motifs is 3. The summed E-state index contributed by atoms with van der Waals surface area (Å²) in [6.45, 7) is -0.176. The molecule has 0 unspecified atom stereocenters. The fourth-order valence-electron chi connectivity index (χ4n) is 3.11. The van der Waals surface area contributed by atoms with Crippen LogP contribution < -0.4 is 0 Å². The Kier molecular flexibility index (Phi) is 4.72. The van der Waals surface area contributed by atoms with Gasteiger partial charge in [0, 0.05) is 22.9 Å². The maximum atomic E-state index is 10.9. The van der Waals surface area contributed by atoms with Gasteiger partial charge in [-0.3, -0.25) is 10.1 Å². The molecule has 7 nitrogen and oxygen atoms in total. The largest absolute Gasteiger partial charge is 0.376 e. The quantitative estimate of drug-likeness (QED) is 0.238. The van der Waals surface area contributed by atoms with Crippen LogP contribution in [0.15, 0.2) is 64.8 Å². The van der Waals surface area contributed by atoms with Crippen molar-refractivity contribution in [3.8, 4) is 0 Å². The maximum Gasteiger partial charge on any atom is 0.272 e. The second-order valence-electron chi connectivity index (χ2n) is 6.00. The number of aliphatic hydroxyl groups excluding tert-OH is 1. The van der Waals surface area contributed by atoms with Crippen molar-refractivity contribution in [3.05, 3.63) is 74.8 Å². The van der Waals surface area contributed by atoms with E-state index in [1.807, 2.05) is 30.3 Å². The maximum absolute atomic E-state index is 10.9. The molecule has 0 aliphatic heterocycles. The van der Waals surface area contributed by atoms with Gasteiger partial charge in [-0.05, 0) is 24.3 Å². The van der Waals surface area contributed by atoms with Gasteiger partial charge in [0.2, 0.25) is 0 Å². The summed E-state index contributed by atoms with van der Waals surface area (Å²) in [5, 5.41) is 30.9. The van der Waals surface area contributed by atoms with Crippen molar-refractivity contribution in [1.29, 1.82) is 0 Å². The molecule has 140 valence electrons. The zero-order valence-electron chi connectivity index (χ0n) is 14.2. The molecular weight excluding hydrogens is 403 g/mol. The second-order valence-corrected chi connectivity index (χ2v) is 6.82. The average Bonchev–Trinajstić information content (AvgIpc) is 3.00. The van der Waals surface area contributed by atoms with E-state index in [-0.39, 0.29) is 28.2 Å². The van der Waals surface area contributed by atoms with Gasteiger partial charge in [0.25, 0.3) is 5.69 Å². The zero-order chi connectivity index (χ0) is 19.8.